The van der Waals surface area contributed by atoms with E-state index in [0.29, 0.717) is 28.1 Å². The summed E-state index contributed by atoms with van der Waals surface area (Å²) < 4.78 is 0. The first-order valence-corrected chi connectivity index (χ1v) is 10.5. The average molecular weight is 418 g/mol. The van der Waals surface area contributed by atoms with Crippen LogP contribution in [-0.4, -0.2) is 29.9 Å². The lowest BCUT2D eigenvalue weighted by Crippen LogP contribution is -2.35. The Morgan fingerprint density at radius 1 is 1.16 bits per heavy atom. The van der Waals surface area contributed by atoms with E-state index < -0.39 is 11.8 Å². The van der Waals surface area contributed by atoms with Gasteiger partial charge in [-0.3, -0.25) is 14.4 Å². The third kappa shape index (κ3) is 4.30. The molecule has 1 aliphatic heterocycles. The molecule has 0 bridgehead atoms. The molecule has 0 saturated carbocycles. The molecule has 1 atom stereocenters. The number of carbonyl (C=O) groups is 2. The number of nitrogens with one attached hydrogen (secondary N) is 2. The first-order valence-electron chi connectivity index (χ1n) is 10.5. The van der Waals surface area contributed by atoms with E-state index in [1.807, 2.05) is 25.1 Å². The summed E-state index contributed by atoms with van der Waals surface area (Å²) in [6, 6.07) is 12.0. The van der Waals surface area contributed by atoms with Crippen LogP contribution in [0.1, 0.15) is 46.0 Å². The molecule has 2 amide bonds. The Morgan fingerprint density at radius 3 is 2.71 bits per heavy atom. The number of aromatic amines is 1. The van der Waals surface area contributed by atoms with Gasteiger partial charge in [0.15, 0.2) is 0 Å². The van der Waals surface area contributed by atoms with E-state index in [1.54, 1.807) is 18.2 Å². The van der Waals surface area contributed by atoms with Crippen LogP contribution in [0, 0.1) is 12.8 Å². The molecule has 7 nitrogen and oxygen atoms in total. The second-order valence-electron chi connectivity index (χ2n) is 8.34. The van der Waals surface area contributed by atoms with Crippen molar-refractivity contribution in [2.75, 3.05) is 23.3 Å². The van der Waals surface area contributed by atoms with Gasteiger partial charge in [-0.2, -0.15) is 0 Å². The lowest BCUT2D eigenvalue weighted by molar-refractivity contribution is 0.0996. The summed E-state index contributed by atoms with van der Waals surface area (Å²) in [5, 5.41) is 3.60. The minimum Gasteiger partial charge on any atom is -0.370 e. The van der Waals surface area contributed by atoms with Gasteiger partial charge in [-0.25, -0.2) is 0 Å². The number of benzene rings is 2. The molecular weight excluding hydrogens is 392 g/mol. The maximum Gasteiger partial charge on any atom is 0.256 e. The third-order valence-electron chi connectivity index (χ3n) is 5.77. The molecule has 0 aliphatic carbocycles. The van der Waals surface area contributed by atoms with Gasteiger partial charge in [0, 0.05) is 35.6 Å². The number of carbonyl (C=O) groups excluding carboxylic acids is 2. The van der Waals surface area contributed by atoms with E-state index in [-0.39, 0.29) is 11.1 Å². The molecule has 1 fully saturated rings. The van der Waals surface area contributed by atoms with Gasteiger partial charge in [-0.1, -0.05) is 18.6 Å². The van der Waals surface area contributed by atoms with E-state index in [1.165, 1.54) is 6.07 Å². The van der Waals surface area contributed by atoms with E-state index in [4.69, 9.17) is 5.73 Å². The van der Waals surface area contributed by atoms with Crippen LogP contribution in [0.3, 0.4) is 0 Å². The van der Waals surface area contributed by atoms with Crippen LogP contribution < -0.4 is 21.5 Å². The predicted octanol–water partition coefficient (Wildman–Crippen LogP) is 3.42. The van der Waals surface area contributed by atoms with Crippen LogP contribution >= 0.6 is 0 Å². The van der Waals surface area contributed by atoms with Crippen LogP contribution in [0.2, 0.25) is 0 Å². The summed E-state index contributed by atoms with van der Waals surface area (Å²) in [6.07, 6.45) is 2.22. The van der Waals surface area contributed by atoms with Crippen LogP contribution in [0.25, 0.3) is 10.9 Å². The summed E-state index contributed by atoms with van der Waals surface area (Å²) in [6.45, 7) is 5.87. The van der Waals surface area contributed by atoms with E-state index in [2.05, 4.69) is 22.1 Å². The van der Waals surface area contributed by atoms with Gasteiger partial charge in [-0.05, 0) is 56.0 Å². The number of nitrogens with two attached hydrogens (primary N) is 1. The zero-order valence-corrected chi connectivity index (χ0v) is 17.7. The normalized spacial score (nSPS) is 16.3. The summed E-state index contributed by atoms with van der Waals surface area (Å²) >= 11 is 0. The number of nitrogens with zero attached hydrogens (tertiary/aromatic N) is 1. The van der Waals surface area contributed by atoms with Crippen molar-refractivity contribution in [3.63, 3.8) is 0 Å². The maximum atomic E-state index is 13.3. The van der Waals surface area contributed by atoms with Crippen LogP contribution in [0.5, 0.6) is 0 Å². The Balaban J connectivity index is 1.76. The van der Waals surface area contributed by atoms with Crippen molar-refractivity contribution in [3.8, 4) is 0 Å². The standard InChI is InChI=1S/C24H26N4O3/c1-14-5-7-19-17(10-14)18(12-22(29)26-19)24(31)27-20-11-16(23(25)30)6-8-21(20)28-9-3-4-15(2)13-28/h5-8,10-12,15H,3-4,9,13H2,1-2H3,(H2,25,30)(H,26,29)(H,27,31)/t15-/m0/s1. The number of H-pyrrole nitrogens is 1. The first kappa shape index (κ1) is 20.7. The molecule has 4 rings (SSSR count). The zero-order chi connectivity index (χ0) is 22.1. The SMILES string of the molecule is Cc1ccc2[nH]c(=O)cc(C(=O)Nc3cc(C(N)=O)ccc3N3CCC[C@H](C)C3)c2c1. The fourth-order valence-electron chi connectivity index (χ4n) is 4.22. The highest BCUT2D eigenvalue weighted by molar-refractivity contribution is 6.13. The summed E-state index contributed by atoms with van der Waals surface area (Å²) in [4.78, 5) is 42.1. The van der Waals surface area contributed by atoms with Crippen molar-refractivity contribution in [2.24, 2.45) is 11.7 Å². The van der Waals surface area contributed by atoms with Gasteiger partial charge in [-0.15, -0.1) is 0 Å². The van der Waals surface area contributed by atoms with Crippen molar-refractivity contribution < 1.29 is 9.59 Å². The monoisotopic (exact) mass is 418 g/mol. The number of anilines is 2. The van der Waals surface area contributed by atoms with E-state index >= 15 is 0 Å². The molecule has 2 aromatic carbocycles. The summed E-state index contributed by atoms with van der Waals surface area (Å²) in [5.41, 5.74) is 8.65. The Labute approximate surface area is 180 Å². The molecule has 0 spiro atoms. The minimum atomic E-state index is -0.564. The van der Waals surface area contributed by atoms with E-state index in [9.17, 15) is 14.4 Å². The number of aryl methyl sites for hydroxylation is 1. The molecule has 1 saturated heterocycles. The van der Waals surface area contributed by atoms with Crippen molar-refractivity contribution >= 4 is 34.1 Å². The van der Waals surface area contributed by atoms with Crippen molar-refractivity contribution in [1.29, 1.82) is 0 Å². The number of pyridine rings is 1. The molecule has 2 heterocycles. The largest absolute Gasteiger partial charge is 0.370 e. The third-order valence-corrected chi connectivity index (χ3v) is 5.77. The smallest absolute Gasteiger partial charge is 0.256 e. The number of hydrogen-bond donors (Lipinski definition) is 3. The molecule has 1 aromatic heterocycles. The Kier molecular flexibility index (Phi) is 5.50. The molecule has 0 unspecified atom stereocenters. The maximum absolute atomic E-state index is 13.3. The minimum absolute atomic E-state index is 0.282. The van der Waals surface area contributed by atoms with Gasteiger partial charge < -0.3 is 20.9 Å². The fraction of sp³-hybridized carbons (Fsp3) is 0.292. The number of rotatable bonds is 4. The molecule has 31 heavy (non-hydrogen) atoms. The zero-order valence-electron chi connectivity index (χ0n) is 17.7. The topological polar surface area (TPSA) is 108 Å². The molecule has 7 heteroatoms. The molecule has 0 radical (unpaired) electrons. The van der Waals surface area contributed by atoms with Crippen molar-refractivity contribution in [2.45, 2.75) is 26.7 Å². The van der Waals surface area contributed by atoms with Gasteiger partial charge in [0.25, 0.3) is 5.91 Å². The number of piperidine rings is 1. The highest BCUT2D eigenvalue weighted by Crippen LogP contribution is 2.32. The first-order chi connectivity index (χ1) is 14.8. The van der Waals surface area contributed by atoms with Crippen molar-refractivity contribution in [1.82, 2.24) is 4.98 Å². The number of fused-ring (bicyclic) bond motifs is 1. The van der Waals surface area contributed by atoms with Gasteiger partial charge in [0.05, 0.1) is 16.9 Å². The Hall–Kier alpha value is -3.61. The number of primary amides is 1. The molecule has 4 N–H and O–H groups in total. The van der Waals surface area contributed by atoms with Gasteiger partial charge in [0.1, 0.15) is 0 Å². The van der Waals surface area contributed by atoms with Crippen LogP contribution in [0.15, 0.2) is 47.3 Å². The number of aromatic nitrogens is 1. The van der Waals surface area contributed by atoms with Crippen molar-refractivity contribution in [3.05, 3.63) is 69.5 Å². The van der Waals surface area contributed by atoms with Crippen LogP contribution in [0.4, 0.5) is 11.4 Å². The Morgan fingerprint density at radius 2 is 1.97 bits per heavy atom. The molecular formula is C24H26N4O3. The lowest BCUT2D eigenvalue weighted by Gasteiger charge is -2.34. The molecule has 3 aromatic rings. The molecule has 1 aliphatic rings. The van der Waals surface area contributed by atoms with Gasteiger partial charge in [0.2, 0.25) is 11.5 Å². The number of amides is 2. The summed E-state index contributed by atoms with van der Waals surface area (Å²) in [7, 11) is 0. The molecule has 160 valence electrons. The second-order valence-corrected chi connectivity index (χ2v) is 8.34. The highest BCUT2D eigenvalue weighted by atomic mass is 16.2. The van der Waals surface area contributed by atoms with E-state index in [0.717, 1.165) is 37.2 Å². The quantitative estimate of drug-likeness (QED) is 0.603. The second kappa shape index (κ2) is 8.26. The van der Waals surface area contributed by atoms with Crippen LogP contribution in [-0.2, 0) is 0 Å². The Bertz CT molecular complexity index is 1230. The summed E-state index contributed by atoms with van der Waals surface area (Å²) in [5.74, 6) is -0.436. The lowest BCUT2D eigenvalue weighted by atomic mass is 9.99. The number of hydrogen-bond acceptors (Lipinski definition) is 4. The van der Waals surface area contributed by atoms with Gasteiger partial charge >= 0.3 is 0 Å². The highest BCUT2D eigenvalue weighted by Gasteiger charge is 2.22. The average Bonchev–Trinajstić information content (AvgIpc) is 2.73. The fourth-order valence-corrected chi connectivity index (χ4v) is 4.22. The predicted molar refractivity (Wildman–Crippen MR) is 123 cm³/mol.